The third kappa shape index (κ3) is 1.68. The summed E-state index contributed by atoms with van der Waals surface area (Å²) in [6.07, 6.45) is 5.93. The molecule has 0 radical (unpaired) electrons. The Labute approximate surface area is 91.0 Å². The van der Waals surface area contributed by atoms with Gasteiger partial charge in [-0.1, -0.05) is 41.5 Å². The summed E-state index contributed by atoms with van der Waals surface area (Å²) < 4.78 is 0. The lowest BCUT2D eigenvalue weighted by molar-refractivity contribution is 0.595. The van der Waals surface area contributed by atoms with Crippen LogP contribution in [0.25, 0.3) is 0 Å². The molecule has 1 aromatic rings. The van der Waals surface area contributed by atoms with Crippen LogP contribution in [0.4, 0.5) is 0 Å². The lowest BCUT2D eigenvalue weighted by Crippen LogP contribution is -2.20. The fourth-order valence-electron chi connectivity index (χ4n) is 2.29. The van der Waals surface area contributed by atoms with E-state index in [1.165, 1.54) is 16.7 Å². The van der Waals surface area contributed by atoms with E-state index in [1.54, 1.807) is 0 Å². The first kappa shape index (κ1) is 9.98. The molecule has 1 nitrogen and oxygen atoms in total. The molecule has 1 aromatic carbocycles. The van der Waals surface area contributed by atoms with Gasteiger partial charge in [0.1, 0.15) is 0 Å². The number of nitrogens with zero attached hydrogens (tertiary/aromatic N) is 1. The summed E-state index contributed by atoms with van der Waals surface area (Å²) in [6.45, 7) is 4.17. The molecule has 0 bridgehead atoms. The zero-order valence-electron chi connectivity index (χ0n) is 9.25. The fraction of sp³-hybridized carbons (Fsp3) is 0.357. The van der Waals surface area contributed by atoms with Crippen molar-refractivity contribution in [2.24, 2.45) is 0 Å². The Morgan fingerprint density at radius 2 is 1.60 bits per heavy atom. The van der Waals surface area contributed by atoms with E-state index < -0.39 is 0 Å². The molecule has 0 aromatic heterocycles. The maximum Gasteiger partial charge on any atom is 0.0891 e. The summed E-state index contributed by atoms with van der Waals surface area (Å²) in [7, 11) is 0. The molecular formula is C14H15N. The standard InChI is InChI=1S/C14H15N/c1-11-7-12(2)9-13(8-11)14(10-15)5-3-4-6-14/h3-4,7-9H,5-6H2,1-2H3. The van der Waals surface area contributed by atoms with Crippen molar-refractivity contribution in [3.05, 3.63) is 47.0 Å². The Morgan fingerprint density at radius 1 is 1.07 bits per heavy atom. The van der Waals surface area contributed by atoms with Crippen LogP contribution < -0.4 is 0 Å². The Kier molecular flexibility index (Phi) is 2.36. The Morgan fingerprint density at radius 3 is 2.07 bits per heavy atom. The van der Waals surface area contributed by atoms with E-state index in [9.17, 15) is 5.26 Å². The molecule has 76 valence electrons. The van der Waals surface area contributed by atoms with Gasteiger partial charge in [0.05, 0.1) is 11.5 Å². The van der Waals surface area contributed by atoms with Gasteiger partial charge in [0.2, 0.25) is 0 Å². The largest absolute Gasteiger partial charge is 0.197 e. The molecule has 0 fully saturated rings. The van der Waals surface area contributed by atoms with Crippen molar-refractivity contribution in [1.82, 2.24) is 0 Å². The molecule has 0 spiro atoms. The summed E-state index contributed by atoms with van der Waals surface area (Å²) in [5, 5.41) is 9.36. The van der Waals surface area contributed by atoms with E-state index in [-0.39, 0.29) is 5.41 Å². The summed E-state index contributed by atoms with van der Waals surface area (Å²) in [4.78, 5) is 0. The van der Waals surface area contributed by atoms with E-state index in [0.29, 0.717) is 0 Å². The molecule has 0 saturated heterocycles. The molecule has 1 aliphatic rings. The highest BCUT2D eigenvalue weighted by Gasteiger charge is 2.33. The van der Waals surface area contributed by atoms with Crippen LogP contribution in [0.5, 0.6) is 0 Å². The maximum atomic E-state index is 9.36. The Hall–Kier alpha value is -1.55. The molecule has 15 heavy (non-hydrogen) atoms. The number of hydrogen-bond acceptors (Lipinski definition) is 1. The lowest BCUT2D eigenvalue weighted by Gasteiger charge is -2.21. The van der Waals surface area contributed by atoms with Gasteiger partial charge >= 0.3 is 0 Å². The molecule has 0 atom stereocenters. The fourth-order valence-corrected chi connectivity index (χ4v) is 2.29. The van der Waals surface area contributed by atoms with Crippen LogP contribution in [-0.4, -0.2) is 0 Å². The number of allylic oxidation sites excluding steroid dienone is 2. The third-order valence-corrected chi connectivity index (χ3v) is 3.09. The van der Waals surface area contributed by atoms with Crippen LogP contribution >= 0.6 is 0 Å². The molecule has 0 N–H and O–H groups in total. The monoisotopic (exact) mass is 197 g/mol. The molecule has 0 aliphatic heterocycles. The first-order valence-corrected chi connectivity index (χ1v) is 5.31. The Bertz CT molecular complexity index is 421. The number of hydrogen-bond donors (Lipinski definition) is 0. The Balaban J connectivity index is 2.49. The number of nitriles is 1. The molecule has 1 aliphatic carbocycles. The zero-order chi connectivity index (χ0) is 10.9. The van der Waals surface area contributed by atoms with Crippen LogP contribution in [0.15, 0.2) is 30.4 Å². The van der Waals surface area contributed by atoms with Gasteiger partial charge in [0.25, 0.3) is 0 Å². The maximum absolute atomic E-state index is 9.36. The molecule has 1 heteroatoms. The van der Waals surface area contributed by atoms with Crippen LogP contribution in [0.3, 0.4) is 0 Å². The third-order valence-electron chi connectivity index (χ3n) is 3.09. The molecular weight excluding hydrogens is 182 g/mol. The second-order valence-electron chi connectivity index (χ2n) is 4.45. The summed E-state index contributed by atoms with van der Waals surface area (Å²) in [5.74, 6) is 0. The zero-order valence-corrected chi connectivity index (χ0v) is 9.25. The smallest absolute Gasteiger partial charge is 0.0891 e. The predicted octanol–water partition coefficient (Wildman–Crippen LogP) is 3.41. The highest BCUT2D eigenvalue weighted by atomic mass is 14.4. The highest BCUT2D eigenvalue weighted by Crippen LogP contribution is 2.37. The van der Waals surface area contributed by atoms with Gasteiger partial charge in [-0.05, 0) is 32.3 Å². The van der Waals surface area contributed by atoms with Crippen LogP contribution in [0, 0.1) is 25.2 Å². The van der Waals surface area contributed by atoms with Gasteiger partial charge < -0.3 is 0 Å². The minimum Gasteiger partial charge on any atom is -0.197 e. The van der Waals surface area contributed by atoms with Crippen molar-refractivity contribution >= 4 is 0 Å². The van der Waals surface area contributed by atoms with Crippen molar-refractivity contribution in [2.45, 2.75) is 32.1 Å². The topological polar surface area (TPSA) is 23.8 Å². The van der Waals surface area contributed by atoms with Gasteiger partial charge in [-0.15, -0.1) is 0 Å². The number of rotatable bonds is 1. The second-order valence-corrected chi connectivity index (χ2v) is 4.45. The predicted molar refractivity (Wildman–Crippen MR) is 61.6 cm³/mol. The minimum atomic E-state index is -0.295. The summed E-state index contributed by atoms with van der Waals surface area (Å²) in [6, 6.07) is 8.92. The normalized spacial score (nSPS) is 17.7. The van der Waals surface area contributed by atoms with Gasteiger partial charge in [0, 0.05) is 0 Å². The van der Waals surface area contributed by atoms with E-state index in [2.05, 4.69) is 50.3 Å². The second kappa shape index (κ2) is 3.55. The van der Waals surface area contributed by atoms with Crippen molar-refractivity contribution < 1.29 is 0 Å². The molecule has 0 saturated carbocycles. The molecule has 2 rings (SSSR count). The van der Waals surface area contributed by atoms with E-state index in [4.69, 9.17) is 0 Å². The average molecular weight is 197 g/mol. The van der Waals surface area contributed by atoms with E-state index in [0.717, 1.165) is 12.8 Å². The SMILES string of the molecule is Cc1cc(C)cc(C2(C#N)CC=CC2)c1. The van der Waals surface area contributed by atoms with E-state index in [1.807, 2.05) is 0 Å². The van der Waals surface area contributed by atoms with Crippen LogP contribution in [0.1, 0.15) is 29.5 Å². The van der Waals surface area contributed by atoms with Crippen LogP contribution in [-0.2, 0) is 5.41 Å². The van der Waals surface area contributed by atoms with Gasteiger partial charge in [-0.3, -0.25) is 0 Å². The quantitative estimate of drug-likeness (QED) is 0.633. The van der Waals surface area contributed by atoms with Crippen LogP contribution in [0.2, 0.25) is 0 Å². The number of benzene rings is 1. The molecule has 0 amide bonds. The van der Waals surface area contributed by atoms with Crippen molar-refractivity contribution in [3.8, 4) is 6.07 Å². The van der Waals surface area contributed by atoms with Crippen molar-refractivity contribution in [1.29, 1.82) is 5.26 Å². The van der Waals surface area contributed by atoms with Crippen molar-refractivity contribution in [2.75, 3.05) is 0 Å². The molecule has 0 unspecified atom stereocenters. The van der Waals surface area contributed by atoms with Crippen molar-refractivity contribution in [3.63, 3.8) is 0 Å². The van der Waals surface area contributed by atoms with Gasteiger partial charge in [-0.2, -0.15) is 5.26 Å². The lowest BCUT2D eigenvalue weighted by atomic mass is 9.79. The number of aryl methyl sites for hydroxylation is 2. The average Bonchev–Trinajstić information content (AvgIpc) is 2.65. The summed E-state index contributed by atoms with van der Waals surface area (Å²) >= 11 is 0. The minimum absolute atomic E-state index is 0.295. The first-order valence-electron chi connectivity index (χ1n) is 5.31. The highest BCUT2D eigenvalue weighted by molar-refractivity contribution is 5.41. The first-order chi connectivity index (χ1) is 7.16. The molecule has 0 heterocycles. The van der Waals surface area contributed by atoms with Gasteiger partial charge in [0.15, 0.2) is 0 Å². The van der Waals surface area contributed by atoms with E-state index >= 15 is 0 Å². The van der Waals surface area contributed by atoms with Gasteiger partial charge in [-0.25, -0.2) is 0 Å². The summed E-state index contributed by atoms with van der Waals surface area (Å²) in [5.41, 5.74) is 3.36.